The highest BCUT2D eigenvalue weighted by atomic mass is 16.5. The Balaban J connectivity index is 2.16. The SMILES string of the molecule is COc1ccc(Cc2nc(C)c(CCCN)c(C)n2)cn1. The normalized spacial score (nSPS) is 10.7. The number of rotatable bonds is 6. The molecule has 112 valence electrons. The maximum absolute atomic E-state index is 5.57. The van der Waals surface area contributed by atoms with E-state index in [1.807, 2.05) is 26.0 Å². The van der Waals surface area contributed by atoms with Gasteiger partial charge in [0.25, 0.3) is 0 Å². The van der Waals surface area contributed by atoms with Gasteiger partial charge in [-0.25, -0.2) is 15.0 Å². The van der Waals surface area contributed by atoms with Crippen molar-refractivity contribution in [3.63, 3.8) is 0 Å². The van der Waals surface area contributed by atoms with E-state index in [0.717, 1.165) is 35.6 Å². The fraction of sp³-hybridized carbons (Fsp3) is 0.438. The number of aryl methyl sites for hydroxylation is 2. The lowest BCUT2D eigenvalue weighted by molar-refractivity contribution is 0.397. The van der Waals surface area contributed by atoms with Crippen LogP contribution in [0.2, 0.25) is 0 Å². The molecular formula is C16H22N4O. The van der Waals surface area contributed by atoms with E-state index in [9.17, 15) is 0 Å². The first-order valence-electron chi connectivity index (χ1n) is 7.16. The molecule has 2 aromatic rings. The van der Waals surface area contributed by atoms with Crippen molar-refractivity contribution < 1.29 is 4.74 Å². The molecule has 2 rings (SSSR count). The molecule has 0 saturated heterocycles. The number of ether oxygens (including phenoxy) is 1. The van der Waals surface area contributed by atoms with Gasteiger partial charge in [0.05, 0.1) is 7.11 Å². The van der Waals surface area contributed by atoms with Gasteiger partial charge < -0.3 is 10.5 Å². The number of methoxy groups -OCH3 is 1. The van der Waals surface area contributed by atoms with Gasteiger partial charge in [-0.15, -0.1) is 0 Å². The van der Waals surface area contributed by atoms with Crippen molar-refractivity contribution in [1.82, 2.24) is 15.0 Å². The topological polar surface area (TPSA) is 73.9 Å². The molecular weight excluding hydrogens is 264 g/mol. The summed E-state index contributed by atoms with van der Waals surface area (Å²) in [6, 6.07) is 3.84. The van der Waals surface area contributed by atoms with Crippen molar-refractivity contribution in [3.8, 4) is 5.88 Å². The maximum Gasteiger partial charge on any atom is 0.212 e. The molecule has 0 bridgehead atoms. The van der Waals surface area contributed by atoms with Crippen molar-refractivity contribution in [1.29, 1.82) is 0 Å². The molecule has 0 spiro atoms. The first kappa shape index (κ1) is 15.4. The average Bonchev–Trinajstić information content (AvgIpc) is 2.47. The molecule has 0 fully saturated rings. The van der Waals surface area contributed by atoms with Gasteiger partial charge in [-0.3, -0.25) is 0 Å². The summed E-state index contributed by atoms with van der Waals surface area (Å²) in [4.78, 5) is 13.4. The van der Waals surface area contributed by atoms with E-state index >= 15 is 0 Å². The average molecular weight is 286 g/mol. The molecule has 0 saturated carbocycles. The van der Waals surface area contributed by atoms with Crippen molar-refractivity contribution in [3.05, 3.63) is 46.7 Å². The molecule has 0 atom stereocenters. The molecule has 5 nitrogen and oxygen atoms in total. The van der Waals surface area contributed by atoms with Crippen LogP contribution in [0.15, 0.2) is 18.3 Å². The zero-order chi connectivity index (χ0) is 15.2. The quantitative estimate of drug-likeness (QED) is 0.879. The smallest absolute Gasteiger partial charge is 0.212 e. The Morgan fingerprint density at radius 1 is 1.14 bits per heavy atom. The number of hydrogen-bond acceptors (Lipinski definition) is 5. The molecule has 5 heteroatoms. The van der Waals surface area contributed by atoms with Crippen LogP contribution in [0, 0.1) is 13.8 Å². The van der Waals surface area contributed by atoms with E-state index in [0.29, 0.717) is 18.8 Å². The summed E-state index contributed by atoms with van der Waals surface area (Å²) < 4.78 is 5.06. The Morgan fingerprint density at radius 2 is 1.86 bits per heavy atom. The third-order valence-corrected chi connectivity index (χ3v) is 3.47. The summed E-state index contributed by atoms with van der Waals surface area (Å²) in [7, 11) is 1.61. The molecule has 2 heterocycles. The Kier molecular flexibility index (Phi) is 5.22. The van der Waals surface area contributed by atoms with Gasteiger partial charge in [-0.2, -0.15) is 0 Å². The Bertz CT molecular complexity index is 573. The second-order valence-corrected chi connectivity index (χ2v) is 5.07. The molecule has 0 unspecified atom stereocenters. The molecule has 0 aliphatic rings. The molecule has 0 aromatic carbocycles. The summed E-state index contributed by atoms with van der Waals surface area (Å²) in [5.74, 6) is 1.44. The summed E-state index contributed by atoms with van der Waals surface area (Å²) in [5.41, 5.74) is 9.96. The van der Waals surface area contributed by atoms with Crippen molar-refractivity contribution >= 4 is 0 Å². The molecule has 0 aliphatic heterocycles. The van der Waals surface area contributed by atoms with Gasteiger partial charge >= 0.3 is 0 Å². The van der Waals surface area contributed by atoms with Crippen LogP contribution in [0.3, 0.4) is 0 Å². The van der Waals surface area contributed by atoms with Crippen molar-refractivity contribution in [2.45, 2.75) is 33.1 Å². The number of hydrogen-bond donors (Lipinski definition) is 1. The van der Waals surface area contributed by atoms with Crippen LogP contribution in [0.25, 0.3) is 0 Å². The predicted molar refractivity (Wildman–Crippen MR) is 82.5 cm³/mol. The summed E-state index contributed by atoms with van der Waals surface area (Å²) in [6.07, 6.45) is 4.39. The van der Waals surface area contributed by atoms with Crippen molar-refractivity contribution in [2.24, 2.45) is 5.73 Å². The minimum atomic E-state index is 0.615. The maximum atomic E-state index is 5.57. The number of nitrogens with two attached hydrogens (primary N) is 1. The molecule has 2 aromatic heterocycles. The van der Waals surface area contributed by atoms with Gasteiger partial charge in [-0.05, 0) is 44.4 Å². The van der Waals surface area contributed by atoms with Gasteiger partial charge in [0.2, 0.25) is 5.88 Å². The second kappa shape index (κ2) is 7.13. The standard InChI is InChI=1S/C16H22N4O/c1-11-14(5-4-8-17)12(2)20-15(19-11)9-13-6-7-16(21-3)18-10-13/h6-7,10H,4-5,8-9,17H2,1-3H3. The second-order valence-electron chi connectivity index (χ2n) is 5.07. The Labute approximate surface area is 125 Å². The highest BCUT2D eigenvalue weighted by Gasteiger charge is 2.09. The van der Waals surface area contributed by atoms with Crippen LogP contribution in [0.5, 0.6) is 5.88 Å². The molecule has 21 heavy (non-hydrogen) atoms. The predicted octanol–water partition coefficient (Wildman–Crippen LogP) is 1.98. The van der Waals surface area contributed by atoms with Crippen LogP contribution in [0.1, 0.15) is 34.8 Å². The summed E-state index contributed by atoms with van der Waals surface area (Å²) in [6.45, 7) is 4.77. The molecule has 2 N–H and O–H groups in total. The van der Waals surface area contributed by atoms with Crippen LogP contribution < -0.4 is 10.5 Å². The van der Waals surface area contributed by atoms with Gasteiger partial charge in [0.1, 0.15) is 5.82 Å². The number of nitrogens with zero attached hydrogens (tertiary/aromatic N) is 3. The first-order valence-corrected chi connectivity index (χ1v) is 7.16. The number of aromatic nitrogens is 3. The fourth-order valence-corrected chi connectivity index (χ4v) is 2.35. The van der Waals surface area contributed by atoms with E-state index in [2.05, 4.69) is 15.0 Å². The fourth-order valence-electron chi connectivity index (χ4n) is 2.35. The van der Waals surface area contributed by atoms with E-state index in [-0.39, 0.29) is 0 Å². The first-order chi connectivity index (χ1) is 10.1. The van der Waals surface area contributed by atoms with Gasteiger partial charge in [0.15, 0.2) is 0 Å². The minimum absolute atomic E-state index is 0.615. The largest absolute Gasteiger partial charge is 0.481 e. The Hall–Kier alpha value is -2.01. The Morgan fingerprint density at radius 3 is 2.38 bits per heavy atom. The molecule has 0 amide bonds. The third kappa shape index (κ3) is 3.98. The monoisotopic (exact) mass is 286 g/mol. The molecule has 0 aliphatic carbocycles. The van der Waals surface area contributed by atoms with Gasteiger partial charge in [0, 0.05) is 30.1 Å². The van der Waals surface area contributed by atoms with Crippen molar-refractivity contribution in [2.75, 3.05) is 13.7 Å². The van der Waals surface area contributed by atoms with Crippen LogP contribution >= 0.6 is 0 Å². The molecule has 0 radical (unpaired) electrons. The van der Waals surface area contributed by atoms with E-state index in [4.69, 9.17) is 10.5 Å². The summed E-state index contributed by atoms with van der Waals surface area (Å²) >= 11 is 0. The van der Waals surface area contributed by atoms with Crippen LogP contribution in [-0.4, -0.2) is 28.6 Å². The van der Waals surface area contributed by atoms with Crippen LogP contribution in [-0.2, 0) is 12.8 Å². The zero-order valence-corrected chi connectivity index (χ0v) is 12.9. The highest BCUT2D eigenvalue weighted by Crippen LogP contribution is 2.15. The van der Waals surface area contributed by atoms with Crippen LogP contribution in [0.4, 0.5) is 0 Å². The lowest BCUT2D eigenvalue weighted by Crippen LogP contribution is -2.08. The van der Waals surface area contributed by atoms with E-state index in [1.54, 1.807) is 13.3 Å². The zero-order valence-electron chi connectivity index (χ0n) is 12.9. The highest BCUT2D eigenvalue weighted by molar-refractivity contribution is 5.27. The third-order valence-electron chi connectivity index (χ3n) is 3.47. The summed E-state index contributed by atoms with van der Waals surface area (Å²) in [5, 5.41) is 0. The minimum Gasteiger partial charge on any atom is -0.481 e. The lowest BCUT2D eigenvalue weighted by atomic mass is 10.1. The lowest BCUT2D eigenvalue weighted by Gasteiger charge is -2.10. The van der Waals surface area contributed by atoms with E-state index in [1.165, 1.54) is 5.56 Å². The van der Waals surface area contributed by atoms with Gasteiger partial charge in [-0.1, -0.05) is 6.07 Å². The van der Waals surface area contributed by atoms with E-state index < -0.39 is 0 Å². The number of pyridine rings is 1.